The fraction of sp³-hybridized carbons (Fsp3) is 0.462. The third kappa shape index (κ3) is 3.03. The largest absolute Gasteiger partial charge is 0.399 e. The van der Waals surface area contributed by atoms with Gasteiger partial charge in [0.2, 0.25) is 0 Å². The Morgan fingerprint density at radius 2 is 2.11 bits per heavy atom. The summed E-state index contributed by atoms with van der Waals surface area (Å²) in [5, 5.41) is 12.9. The molecule has 0 aliphatic heterocycles. The molecule has 1 saturated carbocycles. The molecule has 0 atom stereocenters. The number of anilines is 1. The van der Waals surface area contributed by atoms with Gasteiger partial charge in [0.25, 0.3) is 5.91 Å². The molecule has 1 aliphatic rings. The van der Waals surface area contributed by atoms with Crippen molar-refractivity contribution in [3.8, 4) is 0 Å². The van der Waals surface area contributed by atoms with Gasteiger partial charge in [-0.1, -0.05) is 12.8 Å². The number of hydrogen-bond donors (Lipinski definition) is 3. The number of aliphatic hydroxyl groups is 1. The number of halogens is 1. The van der Waals surface area contributed by atoms with Crippen molar-refractivity contribution >= 4 is 27.5 Å². The first kappa shape index (κ1) is 13.4. The van der Waals surface area contributed by atoms with Crippen LogP contribution in [0.3, 0.4) is 0 Å². The number of nitrogens with one attached hydrogen (secondary N) is 1. The summed E-state index contributed by atoms with van der Waals surface area (Å²) in [6, 6.07) is 5.10. The molecule has 1 fully saturated rings. The Morgan fingerprint density at radius 3 is 2.78 bits per heavy atom. The fourth-order valence-electron chi connectivity index (χ4n) is 2.27. The zero-order valence-corrected chi connectivity index (χ0v) is 11.7. The van der Waals surface area contributed by atoms with Gasteiger partial charge in [-0.05, 0) is 47.0 Å². The van der Waals surface area contributed by atoms with Gasteiger partial charge in [-0.2, -0.15) is 0 Å². The van der Waals surface area contributed by atoms with Crippen LogP contribution in [0.1, 0.15) is 36.0 Å². The molecule has 0 heterocycles. The zero-order valence-electron chi connectivity index (χ0n) is 10.1. The van der Waals surface area contributed by atoms with Crippen LogP contribution in [0.4, 0.5) is 5.69 Å². The molecule has 0 unspecified atom stereocenters. The number of hydrogen-bond acceptors (Lipinski definition) is 3. The molecular weight excluding hydrogens is 296 g/mol. The molecule has 5 heteroatoms. The Morgan fingerprint density at radius 1 is 1.44 bits per heavy atom. The van der Waals surface area contributed by atoms with Crippen LogP contribution in [0.2, 0.25) is 0 Å². The molecule has 4 nitrogen and oxygen atoms in total. The van der Waals surface area contributed by atoms with Crippen molar-refractivity contribution < 1.29 is 9.90 Å². The lowest BCUT2D eigenvalue weighted by molar-refractivity contribution is 0.0449. The van der Waals surface area contributed by atoms with E-state index < -0.39 is 5.60 Å². The third-order valence-corrected chi connectivity index (χ3v) is 4.04. The quantitative estimate of drug-likeness (QED) is 0.748. The average molecular weight is 313 g/mol. The highest BCUT2D eigenvalue weighted by Crippen LogP contribution is 2.28. The van der Waals surface area contributed by atoms with E-state index in [-0.39, 0.29) is 5.91 Å². The van der Waals surface area contributed by atoms with Crippen molar-refractivity contribution in [2.75, 3.05) is 12.3 Å². The van der Waals surface area contributed by atoms with Crippen molar-refractivity contribution in [2.24, 2.45) is 0 Å². The van der Waals surface area contributed by atoms with Crippen LogP contribution < -0.4 is 11.1 Å². The Balaban J connectivity index is 2.01. The monoisotopic (exact) mass is 312 g/mol. The molecule has 0 bridgehead atoms. The standard InChI is InChI=1S/C13H17BrN2O2/c14-11-4-3-9(15)7-10(11)12(17)16-8-13(18)5-1-2-6-13/h3-4,7,18H,1-2,5-6,8,15H2,(H,16,17). The van der Waals surface area contributed by atoms with E-state index in [1.807, 2.05) is 0 Å². The van der Waals surface area contributed by atoms with Crippen molar-refractivity contribution in [3.63, 3.8) is 0 Å². The molecule has 1 aliphatic carbocycles. The summed E-state index contributed by atoms with van der Waals surface area (Å²) in [5.74, 6) is -0.213. The summed E-state index contributed by atoms with van der Waals surface area (Å²) < 4.78 is 0.701. The number of benzene rings is 1. The summed E-state index contributed by atoms with van der Waals surface area (Å²) >= 11 is 3.32. The van der Waals surface area contributed by atoms with E-state index in [0.717, 1.165) is 25.7 Å². The topological polar surface area (TPSA) is 75.4 Å². The van der Waals surface area contributed by atoms with E-state index in [2.05, 4.69) is 21.2 Å². The molecule has 0 spiro atoms. The maximum Gasteiger partial charge on any atom is 0.252 e. The van der Waals surface area contributed by atoms with Crippen LogP contribution in [-0.4, -0.2) is 23.2 Å². The Kier molecular flexibility index (Phi) is 3.92. The van der Waals surface area contributed by atoms with Crippen LogP contribution in [0.15, 0.2) is 22.7 Å². The Labute approximate surface area is 115 Å². The zero-order chi connectivity index (χ0) is 13.2. The second-order valence-electron chi connectivity index (χ2n) is 4.85. The maximum absolute atomic E-state index is 12.0. The highest BCUT2D eigenvalue weighted by Gasteiger charge is 2.31. The van der Waals surface area contributed by atoms with E-state index >= 15 is 0 Å². The summed E-state index contributed by atoms with van der Waals surface area (Å²) in [6.45, 7) is 0.299. The molecule has 2 rings (SSSR count). The average Bonchev–Trinajstić information content (AvgIpc) is 2.77. The van der Waals surface area contributed by atoms with Gasteiger partial charge in [0.15, 0.2) is 0 Å². The Bertz CT molecular complexity index is 456. The van der Waals surface area contributed by atoms with Crippen LogP contribution in [-0.2, 0) is 0 Å². The lowest BCUT2D eigenvalue weighted by atomic mass is 10.0. The smallest absolute Gasteiger partial charge is 0.252 e. The second-order valence-corrected chi connectivity index (χ2v) is 5.71. The first-order valence-corrected chi connectivity index (χ1v) is 6.85. The second kappa shape index (κ2) is 5.28. The molecule has 0 radical (unpaired) electrons. The van der Waals surface area contributed by atoms with Crippen LogP contribution in [0, 0.1) is 0 Å². The summed E-state index contributed by atoms with van der Waals surface area (Å²) in [6.07, 6.45) is 3.56. The van der Waals surface area contributed by atoms with E-state index in [0.29, 0.717) is 22.3 Å². The van der Waals surface area contributed by atoms with Gasteiger partial charge >= 0.3 is 0 Å². The van der Waals surface area contributed by atoms with Crippen LogP contribution in [0.5, 0.6) is 0 Å². The van der Waals surface area contributed by atoms with Crippen LogP contribution in [0.25, 0.3) is 0 Å². The minimum Gasteiger partial charge on any atom is -0.399 e. The minimum atomic E-state index is -0.734. The van der Waals surface area contributed by atoms with E-state index in [9.17, 15) is 9.90 Å². The number of nitrogens with two attached hydrogens (primary N) is 1. The molecule has 1 aromatic carbocycles. The predicted molar refractivity (Wildman–Crippen MR) is 74.3 cm³/mol. The number of nitrogen functional groups attached to an aromatic ring is 1. The number of rotatable bonds is 3. The molecule has 98 valence electrons. The SMILES string of the molecule is Nc1ccc(Br)c(C(=O)NCC2(O)CCCC2)c1. The van der Waals surface area contributed by atoms with Gasteiger partial charge in [0.1, 0.15) is 0 Å². The Hall–Kier alpha value is -1.07. The summed E-state index contributed by atoms with van der Waals surface area (Å²) in [4.78, 5) is 12.0. The first-order valence-electron chi connectivity index (χ1n) is 6.06. The first-order chi connectivity index (χ1) is 8.50. The van der Waals surface area contributed by atoms with Crippen molar-refractivity contribution in [1.29, 1.82) is 0 Å². The van der Waals surface area contributed by atoms with Gasteiger partial charge in [0, 0.05) is 16.7 Å². The molecule has 4 N–H and O–H groups in total. The molecule has 0 aromatic heterocycles. The highest BCUT2D eigenvalue weighted by atomic mass is 79.9. The molecule has 1 aromatic rings. The summed E-state index contributed by atoms with van der Waals surface area (Å²) in [7, 11) is 0. The number of carbonyl (C=O) groups excluding carboxylic acids is 1. The molecular formula is C13H17BrN2O2. The normalized spacial score (nSPS) is 17.7. The van der Waals surface area contributed by atoms with E-state index in [4.69, 9.17) is 5.73 Å². The minimum absolute atomic E-state index is 0.213. The molecule has 18 heavy (non-hydrogen) atoms. The molecule has 0 saturated heterocycles. The third-order valence-electron chi connectivity index (χ3n) is 3.35. The van der Waals surface area contributed by atoms with Gasteiger partial charge in [-0.15, -0.1) is 0 Å². The van der Waals surface area contributed by atoms with Gasteiger partial charge in [-0.3, -0.25) is 4.79 Å². The number of carbonyl (C=O) groups is 1. The predicted octanol–water partition coefficient (Wildman–Crippen LogP) is 2.07. The van der Waals surface area contributed by atoms with E-state index in [1.54, 1.807) is 18.2 Å². The number of amides is 1. The van der Waals surface area contributed by atoms with E-state index in [1.165, 1.54) is 0 Å². The molecule has 1 amide bonds. The lowest BCUT2D eigenvalue weighted by Crippen LogP contribution is -2.40. The van der Waals surface area contributed by atoms with Crippen molar-refractivity contribution in [1.82, 2.24) is 5.32 Å². The van der Waals surface area contributed by atoms with Crippen molar-refractivity contribution in [3.05, 3.63) is 28.2 Å². The highest BCUT2D eigenvalue weighted by molar-refractivity contribution is 9.10. The van der Waals surface area contributed by atoms with Gasteiger partial charge in [-0.25, -0.2) is 0 Å². The van der Waals surface area contributed by atoms with Crippen LogP contribution >= 0.6 is 15.9 Å². The lowest BCUT2D eigenvalue weighted by Gasteiger charge is -2.22. The summed E-state index contributed by atoms with van der Waals surface area (Å²) in [5.41, 5.74) is 5.97. The van der Waals surface area contributed by atoms with Gasteiger partial charge < -0.3 is 16.2 Å². The van der Waals surface area contributed by atoms with Crippen molar-refractivity contribution in [2.45, 2.75) is 31.3 Å². The maximum atomic E-state index is 12.0. The van der Waals surface area contributed by atoms with Gasteiger partial charge in [0.05, 0.1) is 11.2 Å². The fourth-order valence-corrected chi connectivity index (χ4v) is 2.69.